The molecule has 0 N–H and O–H groups in total. The number of nitro groups is 1. The second kappa shape index (κ2) is 5.48. The Kier molecular flexibility index (Phi) is 3.78. The summed E-state index contributed by atoms with van der Waals surface area (Å²) in [4.78, 5) is 17.5. The van der Waals surface area contributed by atoms with E-state index in [0.717, 1.165) is 0 Å². The zero-order chi connectivity index (χ0) is 15.9. The lowest BCUT2D eigenvalue weighted by Gasteiger charge is -2.33. The number of fused-ring (bicyclic) bond motifs is 1. The molecule has 0 unspecified atom stereocenters. The predicted octanol–water partition coefficient (Wildman–Crippen LogP) is 0.776. The molecular formula is C11H15N5O4S2. The molecule has 1 saturated heterocycles. The highest BCUT2D eigenvalue weighted by Gasteiger charge is 2.32. The molecular weight excluding hydrogens is 330 g/mol. The molecule has 0 aromatic carbocycles. The van der Waals surface area contributed by atoms with Crippen LogP contribution in [0.2, 0.25) is 0 Å². The molecule has 0 atom stereocenters. The van der Waals surface area contributed by atoms with Crippen molar-refractivity contribution in [3.63, 3.8) is 0 Å². The Morgan fingerprint density at radius 3 is 2.64 bits per heavy atom. The number of nitrogens with zero attached hydrogens (tertiary/aromatic N) is 5. The summed E-state index contributed by atoms with van der Waals surface area (Å²) in [6.07, 6.45) is 1.62. The second-order valence-electron chi connectivity index (χ2n) is 4.86. The van der Waals surface area contributed by atoms with Crippen molar-refractivity contribution in [2.24, 2.45) is 0 Å². The third kappa shape index (κ3) is 2.44. The van der Waals surface area contributed by atoms with Gasteiger partial charge in [0, 0.05) is 31.6 Å². The maximum Gasteiger partial charge on any atom is 0.373 e. The standard InChI is InChI=1S/C11H15N5O4S2/c1-2-22(19,20)14-5-3-13(4-6-14)9-10(16(17)18)15-7-8-21-11(15)12-9/h7-8H,2-6H2,1H3. The van der Waals surface area contributed by atoms with Gasteiger partial charge in [-0.25, -0.2) is 8.42 Å². The molecule has 1 fully saturated rings. The summed E-state index contributed by atoms with van der Waals surface area (Å²) in [5.74, 6) is 0.307. The molecule has 22 heavy (non-hydrogen) atoms. The minimum absolute atomic E-state index is 0.0629. The first-order chi connectivity index (χ1) is 10.4. The van der Waals surface area contributed by atoms with E-state index in [1.165, 1.54) is 20.0 Å². The highest BCUT2D eigenvalue weighted by Crippen LogP contribution is 2.31. The molecule has 120 valence electrons. The number of piperazine rings is 1. The first-order valence-corrected chi connectivity index (χ1v) is 9.25. The minimum Gasteiger partial charge on any atom is -0.358 e. The Morgan fingerprint density at radius 2 is 2.05 bits per heavy atom. The van der Waals surface area contributed by atoms with Crippen molar-refractivity contribution in [1.82, 2.24) is 13.7 Å². The summed E-state index contributed by atoms with van der Waals surface area (Å²) >= 11 is 1.33. The fourth-order valence-corrected chi connectivity index (χ4v) is 4.29. The fraction of sp³-hybridized carbons (Fsp3) is 0.545. The Labute approximate surface area is 131 Å². The van der Waals surface area contributed by atoms with Gasteiger partial charge in [0.05, 0.1) is 5.75 Å². The van der Waals surface area contributed by atoms with Crippen LogP contribution in [0.15, 0.2) is 11.6 Å². The predicted molar refractivity (Wildman–Crippen MR) is 83.0 cm³/mol. The van der Waals surface area contributed by atoms with Gasteiger partial charge >= 0.3 is 5.82 Å². The van der Waals surface area contributed by atoms with Crippen molar-refractivity contribution in [3.05, 3.63) is 21.7 Å². The van der Waals surface area contributed by atoms with Crippen LogP contribution in [0.1, 0.15) is 6.92 Å². The van der Waals surface area contributed by atoms with Gasteiger partial charge in [-0.05, 0) is 11.8 Å². The molecule has 1 aliphatic heterocycles. The zero-order valence-corrected chi connectivity index (χ0v) is 13.5. The molecule has 9 nitrogen and oxygen atoms in total. The van der Waals surface area contributed by atoms with E-state index < -0.39 is 14.9 Å². The van der Waals surface area contributed by atoms with E-state index in [0.29, 0.717) is 37.0 Å². The minimum atomic E-state index is -3.22. The number of sulfonamides is 1. The van der Waals surface area contributed by atoms with E-state index in [1.54, 1.807) is 23.4 Å². The van der Waals surface area contributed by atoms with E-state index in [4.69, 9.17) is 0 Å². The van der Waals surface area contributed by atoms with Crippen LogP contribution in [0.3, 0.4) is 0 Å². The molecule has 0 saturated carbocycles. The molecule has 11 heteroatoms. The van der Waals surface area contributed by atoms with Crippen LogP contribution < -0.4 is 4.90 Å². The third-order valence-corrected chi connectivity index (χ3v) is 6.33. The lowest BCUT2D eigenvalue weighted by Crippen LogP contribution is -2.49. The summed E-state index contributed by atoms with van der Waals surface area (Å²) < 4.78 is 26.6. The number of aromatic nitrogens is 2. The number of thiazole rings is 1. The van der Waals surface area contributed by atoms with Gasteiger partial charge in [-0.15, -0.1) is 0 Å². The topological polar surface area (TPSA) is 101 Å². The number of imidazole rings is 1. The molecule has 0 aliphatic carbocycles. The molecule has 2 aromatic rings. The summed E-state index contributed by atoms with van der Waals surface area (Å²) in [5.41, 5.74) is 0. The molecule has 0 spiro atoms. The molecule has 1 aliphatic rings. The third-order valence-electron chi connectivity index (χ3n) is 3.69. The van der Waals surface area contributed by atoms with E-state index >= 15 is 0 Å². The smallest absolute Gasteiger partial charge is 0.358 e. The summed E-state index contributed by atoms with van der Waals surface area (Å²) in [7, 11) is -3.22. The van der Waals surface area contributed by atoms with Gasteiger partial charge in [-0.2, -0.15) is 13.7 Å². The molecule has 2 aromatic heterocycles. The van der Waals surface area contributed by atoms with Crippen LogP contribution in [-0.4, -0.2) is 59.0 Å². The number of hydrogen-bond donors (Lipinski definition) is 0. The maximum absolute atomic E-state index is 11.9. The maximum atomic E-state index is 11.9. The van der Waals surface area contributed by atoms with Crippen molar-refractivity contribution in [2.45, 2.75) is 6.92 Å². The van der Waals surface area contributed by atoms with Gasteiger partial charge in [0.2, 0.25) is 15.8 Å². The van der Waals surface area contributed by atoms with E-state index in [-0.39, 0.29) is 11.6 Å². The molecule has 0 amide bonds. The van der Waals surface area contributed by atoms with Crippen molar-refractivity contribution < 1.29 is 13.3 Å². The van der Waals surface area contributed by atoms with E-state index in [9.17, 15) is 18.5 Å². The average molecular weight is 345 g/mol. The number of anilines is 1. The first kappa shape index (κ1) is 15.2. The number of rotatable bonds is 4. The molecule has 0 bridgehead atoms. The summed E-state index contributed by atoms with van der Waals surface area (Å²) in [5, 5.41) is 13.1. The highest BCUT2D eigenvalue weighted by atomic mass is 32.2. The van der Waals surface area contributed by atoms with Gasteiger partial charge in [0.25, 0.3) is 4.96 Å². The van der Waals surface area contributed by atoms with E-state index in [2.05, 4.69) is 4.98 Å². The quantitative estimate of drug-likeness (QED) is 0.599. The van der Waals surface area contributed by atoms with Gasteiger partial charge in [-0.3, -0.25) is 0 Å². The Balaban J connectivity index is 1.86. The van der Waals surface area contributed by atoms with Crippen LogP contribution in [-0.2, 0) is 10.0 Å². The Hall–Kier alpha value is -1.72. The fourth-order valence-electron chi connectivity index (χ4n) is 2.50. The van der Waals surface area contributed by atoms with Gasteiger partial charge < -0.3 is 15.0 Å². The first-order valence-electron chi connectivity index (χ1n) is 6.76. The summed E-state index contributed by atoms with van der Waals surface area (Å²) in [6.45, 7) is 3.03. The van der Waals surface area contributed by atoms with Crippen LogP contribution in [0.5, 0.6) is 0 Å². The van der Waals surface area contributed by atoms with Crippen molar-refractivity contribution >= 4 is 38.0 Å². The van der Waals surface area contributed by atoms with Crippen LogP contribution >= 0.6 is 11.3 Å². The van der Waals surface area contributed by atoms with Crippen LogP contribution in [0.4, 0.5) is 11.6 Å². The second-order valence-corrected chi connectivity index (χ2v) is 7.99. The Morgan fingerprint density at radius 1 is 1.36 bits per heavy atom. The van der Waals surface area contributed by atoms with Gasteiger partial charge in [0.15, 0.2) is 0 Å². The van der Waals surface area contributed by atoms with Crippen molar-refractivity contribution in [1.29, 1.82) is 0 Å². The van der Waals surface area contributed by atoms with Gasteiger partial charge in [-0.1, -0.05) is 11.3 Å². The lowest BCUT2D eigenvalue weighted by molar-refractivity contribution is -0.389. The lowest BCUT2D eigenvalue weighted by atomic mass is 10.3. The monoisotopic (exact) mass is 345 g/mol. The summed E-state index contributed by atoms with van der Waals surface area (Å²) in [6, 6.07) is 0. The SMILES string of the molecule is CCS(=O)(=O)N1CCN(c2nc3sccn3c2[N+](=O)[O-])CC1. The molecule has 3 heterocycles. The van der Waals surface area contributed by atoms with Crippen molar-refractivity contribution in [2.75, 3.05) is 36.8 Å². The normalized spacial score (nSPS) is 17.2. The highest BCUT2D eigenvalue weighted by molar-refractivity contribution is 7.89. The van der Waals surface area contributed by atoms with Crippen LogP contribution in [0.25, 0.3) is 4.96 Å². The Bertz CT molecular complexity index is 804. The molecule has 0 radical (unpaired) electrons. The van der Waals surface area contributed by atoms with Gasteiger partial charge in [0.1, 0.15) is 6.20 Å². The van der Waals surface area contributed by atoms with Crippen molar-refractivity contribution in [3.8, 4) is 0 Å². The zero-order valence-electron chi connectivity index (χ0n) is 11.9. The largest absolute Gasteiger partial charge is 0.373 e. The van der Waals surface area contributed by atoms with Crippen LogP contribution in [0, 0.1) is 10.1 Å². The van der Waals surface area contributed by atoms with E-state index in [1.807, 2.05) is 0 Å². The molecule has 3 rings (SSSR count). The average Bonchev–Trinajstić information content (AvgIpc) is 3.07. The number of hydrogen-bond acceptors (Lipinski definition) is 7.